The van der Waals surface area contributed by atoms with Gasteiger partial charge in [0.25, 0.3) is 52.3 Å². The smallest absolute Gasteiger partial charge is 0.333 e. The van der Waals surface area contributed by atoms with Gasteiger partial charge in [-0.2, -0.15) is 33.7 Å². The van der Waals surface area contributed by atoms with Gasteiger partial charge < -0.3 is 9.74 Å². The van der Waals surface area contributed by atoms with Crippen molar-refractivity contribution < 1.29 is 71.1 Å². The van der Waals surface area contributed by atoms with E-state index in [1.807, 2.05) is 20.8 Å². The van der Waals surface area contributed by atoms with E-state index in [4.69, 9.17) is 4.84 Å². The van der Waals surface area contributed by atoms with Crippen LogP contribution >= 0.6 is 0 Å². The first-order chi connectivity index (χ1) is 29.1. The number of nitrogens with zero attached hydrogens (tertiary/aromatic N) is 2. The van der Waals surface area contributed by atoms with Gasteiger partial charge >= 0.3 is 5.97 Å². The number of unbranched alkanes of at least 4 members (excludes halogenated alkanes) is 2. The van der Waals surface area contributed by atoms with Crippen molar-refractivity contribution in [2.45, 2.75) is 106 Å². The summed E-state index contributed by atoms with van der Waals surface area (Å²) in [6, 6.07) is 8.21. The number of imide groups is 1. The van der Waals surface area contributed by atoms with Gasteiger partial charge in [0.15, 0.2) is 0 Å². The van der Waals surface area contributed by atoms with E-state index < -0.39 is 80.6 Å². The van der Waals surface area contributed by atoms with Crippen LogP contribution < -0.4 is 4.90 Å². The summed E-state index contributed by atoms with van der Waals surface area (Å²) in [5, 5.41) is 0.475. The molecule has 0 spiro atoms. The lowest BCUT2D eigenvalue weighted by Crippen LogP contribution is -2.31. The average molecular weight is 955 g/mol. The van der Waals surface area contributed by atoms with Gasteiger partial charge in [0.05, 0.1) is 21.3 Å². The molecule has 0 radical (unpaired) electrons. The Morgan fingerprint density at radius 1 is 0.730 bits per heavy atom. The van der Waals surface area contributed by atoms with E-state index >= 15 is 0 Å². The molecule has 344 valence electrons. The molecule has 2 aromatic rings. The van der Waals surface area contributed by atoms with Crippen molar-refractivity contribution in [3.63, 3.8) is 0 Å². The van der Waals surface area contributed by atoms with Crippen molar-refractivity contribution in [1.82, 2.24) is 5.06 Å². The van der Waals surface area contributed by atoms with Crippen molar-refractivity contribution in [3.8, 4) is 0 Å². The first kappa shape index (κ1) is 49.5. The van der Waals surface area contributed by atoms with Gasteiger partial charge in [0.2, 0.25) is 0 Å². The van der Waals surface area contributed by atoms with Crippen LogP contribution in [0.15, 0.2) is 87.8 Å². The lowest BCUT2D eigenvalue weighted by Gasteiger charge is -2.29. The van der Waals surface area contributed by atoms with Gasteiger partial charge in [-0.05, 0) is 96.3 Å². The molecule has 1 fully saturated rings. The Morgan fingerprint density at radius 2 is 1.32 bits per heavy atom. The van der Waals surface area contributed by atoms with Gasteiger partial charge in [0, 0.05) is 48.0 Å². The first-order valence-corrected chi connectivity index (χ1v) is 26.0. The molecule has 1 saturated heterocycles. The number of fused-ring (bicyclic) bond motifs is 2. The van der Waals surface area contributed by atoms with Gasteiger partial charge in [0.1, 0.15) is 0 Å². The topological polar surface area (TPSA) is 284 Å². The number of hydroxylamine groups is 2. The highest BCUT2D eigenvalue weighted by Crippen LogP contribution is 2.52. The molecule has 2 aromatic carbocycles. The average Bonchev–Trinajstić information content (AvgIpc) is 3.68. The fraction of sp³-hybridized carbons (Fsp3) is 0.439. The van der Waals surface area contributed by atoms with Crippen LogP contribution in [-0.2, 0) is 70.5 Å². The largest absolute Gasteiger partial charge is 0.344 e. The van der Waals surface area contributed by atoms with Crippen LogP contribution in [0.2, 0.25) is 0 Å². The van der Waals surface area contributed by atoms with Crippen LogP contribution in [0.5, 0.6) is 0 Å². The molecule has 5 rings (SSSR count). The van der Waals surface area contributed by atoms with E-state index in [9.17, 15) is 66.3 Å². The Balaban J connectivity index is 1.47. The second-order valence-electron chi connectivity index (χ2n) is 16.3. The highest BCUT2D eigenvalue weighted by Gasteiger charge is 2.42. The number of anilines is 1. The molecule has 0 aromatic heterocycles. The number of carbonyl (C=O) groups excluding carboxylic acids is 3. The molecule has 2 aliphatic heterocycles. The predicted molar refractivity (Wildman–Crippen MR) is 230 cm³/mol. The summed E-state index contributed by atoms with van der Waals surface area (Å²) in [5.74, 6) is -3.03. The molecular formula is C41H50N2O16S4. The Labute approximate surface area is 367 Å². The van der Waals surface area contributed by atoms with Crippen molar-refractivity contribution in [2.24, 2.45) is 0 Å². The van der Waals surface area contributed by atoms with Crippen molar-refractivity contribution >= 4 is 69.5 Å². The summed E-state index contributed by atoms with van der Waals surface area (Å²) >= 11 is 0. The van der Waals surface area contributed by atoms with E-state index in [0.29, 0.717) is 70.0 Å². The minimum absolute atomic E-state index is 0.00943. The third-order valence-electron chi connectivity index (χ3n) is 11.4. The summed E-state index contributed by atoms with van der Waals surface area (Å²) in [7, 11) is -17.8. The quantitative estimate of drug-likeness (QED) is 0.0551. The van der Waals surface area contributed by atoms with Crippen LogP contribution in [-0.4, -0.2) is 92.8 Å². The van der Waals surface area contributed by atoms with Crippen LogP contribution in [0.4, 0.5) is 5.69 Å². The maximum atomic E-state index is 12.4. The molecule has 1 unspecified atom stereocenters. The normalized spacial score (nSPS) is 19.9. The fourth-order valence-electron chi connectivity index (χ4n) is 8.33. The van der Waals surface area contributed by atoms with Gasteiger partial charge in [-0.25, -0.2) is 4.79 Å². The summed E-state index contributed by atoms with van der Waals surface area (Å²) in [6.45, 7) is 5.63. The van der Waals surface area contributed by atoms with Gasteiger partial charge in [-0.3, -0.25) is 27.8 Å². The van der Waals surface area contributed by atoms with Crippen LogP contribution in [0.3, 0.4) is 0 Å². The maximum absolute atomic E-state index is 12.4. The lowest BCUT2D eigenvalue weighted by atomic mass is 9.74. The third-order valence-corrected chi connectivity index (χ3v) is 14.7. The summed E-state index contributed by atoms with van der Waals surface area (Å²) < 4.78 is 134. The van der Waals surface area contributed by atoms with Crippen molar-refractivity contribution in [3.05, 3.63) is 94.7 Å². The summed E-state index contributed by atoms with van der Waals surface area (Å²) in [4.78, 5) is 42.2. The SMILES string of the molecule is CC1(CCCCCC(=O)ON2C(=O)CCC2=O)C(/C=C/C=C/C=C2\N(CCCS(=O)(=O)O)c3ccc(S(=O)(=O)O)cc3C2(C)C)=C(CCCS(=O)(=O)O)c2ccc(S(=O)(=O)O)cc21. The van der Waals surface area contributed by atoms with E-state index in [1.54, 1.807) is 35.3 Å². The Morgan fingerprint density at radius 3 is 1.92 bits per heavy atom. The first-order valence-electron chi connectivity index (χ1n) is 19.9. The number of carbonyl (C=O) groups is 3. The minimum Gasteiger partial charge on any atom is -0.344 e. The zero-order chi connectivity index (χ0) is 46.8. The predicted octanol–water partition coefficient (Wildman–Crippen LogP) is 5.50. The second kappa shape index (κ2) is 18.9. The maximum Gasteiger partial charge on any atom is 0.333 e. The Bertz CT molecular complexity index is 2740. The highest BCUT2D eigenvalue weighted by atomic mass is 32.2. The number of rotatable bonds is 20. The molecule has 0 saturated carbocycles. The lowest BCUT2D eigenvalue weighted by molar-refractivity contribution is -0.197. The Kier molecular flexibility index (Phi) is 14.8. The molecule has 1 atom stereocenters. The fourth-order valence-corrected chi connectivity index (χ4v) is 10.4. The molecule has 63 heavy (non-hydrogen) atoms. The number of benzene rings is 2. The van der Waals surface area contributed by atoms with Crippen molar-refractivity contribution in [1.29, 1.82) is 0 Å². The molecule has 2 heterocycles. The van der Waals surface area contributed by atoms with Crippen molar-refractivity contribution in [2.75, 3.05) is 23.0 Å². The number of allylic oxidation sites excluding steroid dienone is 8. The van der Waals surface area contributed by atoms with E-state index in [2.05, 4.69) is 0 Å². The molecule has 0 bridgehead atoms. The number of amides is 2. The second-order valence-corrected chi connectivity index (χ2v) is 22.3. The van der Waals surface area contributed by atoms with E-state index in [1.165, 1.54) is 36.4 Å². The van der Waals surface area contributed by atoms with Crippen LogP contribution in [0, 0.1) is 0 Å². The molecule has 22 heteroatoms. The zero-order valence-electron chi connectivity index (χ0n) is 34.8. The van der Waals surface area contributed by atoms with Crippen LogP contribution in [0.25, 0.3) is 5.57 Å². The highest BCUT2D eigenvalue weighted by molar-refractivity contribution is 7.86. The molecule has 2 amide bonds. The standard InChI is InChI=1S/C41H50N2O16S4/c1-40(2)34-27-29(63(56,57)58)17-19-35(34)42(23-11-25-61(50,51)52)36(40)14-7-4-6-13-32-30(12-10-24-60(47,48)49)31-18-16-28(62(53,54)55)26-33(31)41(32,3)22-9-5-8-15-39(46)59-43-37(44)20-21-38(43)45/h4,6-7,13-14,16-19,26-27H,5,8-12,15,20-25H2,1-3H3,(H,47,48,49)(H,50,51,52)(H,53,54,55)(H,56,57,58)/b7-4+,13-6+,36-14-. The Hall–Kier alpha value is -4.55. The van der Waals surface area contributed by atoms with Crippen LogP contribution in [0.1, 0.15) is 102 Å². The summed E-state index contributed by atoms with van der Waals surface area (Å²) in [6.07, 6.45) is 10.2. The zero-order valence-corrected chi connectivity index (χ0v) is 38.0. The molecule has 4 N–H and O–H groups in total. The molecule has 18 nitrogen and oxygen atoms in total. The molecule has 3 aliphatic rings. The minimum atomic E-state index is -4.65. The van der Waals surface area contributed by atoms with E-state index in [0.717, 1.165) is 0 Å². The van der Waals surface area contributed by atoms with Gasteiger partial charge in [-0.1, -0.05) is 64.0 Å². The molecular weight excluding hydrogens is 905 g/mol. The summed E-state index contributed by atoms with van der Waals surface area (Å²) in [5.41, 5.74) is 2.42. The number of hydrogen-bond donors (Lipinski definition) is 4. The molecule has 1 aliphatic carbocycles. The monoisotopic (exact) mass is 954 g/mol. The van der Waals surface area contributed by atoms with E-state index in [-0.39, 0.29) is 54.9 Å². The number of hydrogen-bond acceptors (Lipinski definition) is 13. The van der Waals surface area contributed by atoms with Gasteiger partial charge in [-0.15, -0.1) is 5.06 Å². The third kappa shape index (κ3) is 12.0.